The lowest BCUT2D eigenvalue weighted by molar-refractivity contribution is 0.0945. The van der Waals surface area contributed by atoms with Crippen LogP contribution in [-0.4, -0.2) is 15.9 Å². The second kappa shape index (κ2) is 5.53. The van der Waals surface area contributed by atoms with Crippen molar-refractivity contribution < 1.29 is 4.79 Å². The summed E-state index contributed by atoms with van der Waals surface area (Å²) in [4.78, 5) is 38.1. The predicted molar refractivity (Wildman–Crippen MR) is 70.3 cm³/mol. The molecule has 1 amide bonds. The number of hydrogen-bond acceptors (Lipinski definition) is 3. The van der Waals surface area contributed by atoms with E-state index in [-0.39, 0.29) is 12.2 Å². The first-order chi connectivity index (χ1) is 9.06. The van der Waals surface area contributed by atoms with Gasteiger partial charge >= 0.3 is 5.69 Å². The molecule has 0 radical (unpaired) electrons. The maximum absolute atomic E-state index is 11.8. The highest BCUT2D eigenvalue weighted by molar-refractivity contribution is 6.31. The zero-order chi connectivity index (χ0) is 13.8. The molecular weight excluding hydrogens is 270 g/mol. The van der Waals surface area contributed by atoms with E-state index in [0.29, 0.717) is 5.02 Å². The minimum Gasteiger partial charge on any atom is -0.347 e. The van der Waals surface area contributed by atoms with E-state index in [9.17, 15) is 14.4 Å². The Bertz CT molecular complexity index is 692. The Morgan fingerprint density at radius 2 is 1.95 bits per heavy atom. The highest BCUT2D eigenvalue weighted by Gasteiger charge is 2.08. The zero-order valence-electron chi connectivity index (χ0n) is 9.70. The molecule has 1 aromatic heterocycles. The van der Waals surface area contributed by atoms with Crippen molar-refractivity contribution in [3.8, 4) is 0 Å². The summed E-state index contributed by atoms with van der Waals surface area (Å²) in [5.74, 6) is -0.553. The molecule has 0 bridgehead atoms. The largest absolute Gasteiger partial charge is 0.347 e. The monoisotopic (exact) mass is 279 g/mol. The van der Waals surface area contributed by atoms with Crippen molar-refractivity contribution in [3.63, 3.8) is 0 Å². The van der Waals surface area contributed by atoms with Gasteiger partial charge in [-0.3, -0.25) is 14.6 Å². The summed E-state index contributed by atoms with van der Waals surface area (Å²) in [5, 5.41) is 3.09. The van der Waals surface area contributed by atoms with Crippen molar-refractivity contribution in [1.29, 1.82) is 0 Å². The Labute approximate surface area is 112 Å². The van der Waals surface area contributed by atoms with Crippen LogP contribution in [0.4, 0.5) is 0 Å². The molecule has 0 aliphatic heterocycles. The van der Waals surface area contributed by atoms with E-state index >= 15 is 0 Å². The Hall–Kier alpha value is -2.34. The molecule has 1 aromatic carbocycles. The van der Waals surface area contributed by atoms with Gasteiger partial charge in [0.25, 0.3) is 11.5 Å². The normalized spacial score (nSPS) is 10.2. The van der Waals surface area contributed by atoms with E-state index in [1.165, 1.54) is 0 Å². The number of carbonyl (C=O) groups is 1. The van der Waals surface area contributed by atoms with Gasteiger partial charge in [-0.15, -0.1) is 0 Å². The molecule has 0 aliphatic carbocycles. The van der Waals surface area contributed by atoms with Gasteiger partial charge in [-0.05, 0) is 11.6 Å². The van der Waals surface area contributed by atoms with Gasteiger partial charge in [0.2, 0.25) is 0 Å². The van der Waals surface area contributed by atoms with Crippen molar-refractivity contribution >= 4 is 17.5 Å². The molecule has 0 aliphatic rings. The lowest BCUT2D eigenvalue weighted by Crippen LogP contribution is -2.30. The van der Waals surface area contributed by atoms with Crippen LogP contribution < -0.4 is 16.6 Å². The number of benzene rings is 1. The van der Waals surface area contributed by atoms with Crippen LogP contribution in [-0.2, 0) is 6.54 Å². The molecule has 0 saturated carbocycles. The molecule has 0 fully saturated rings. The first-order valence-corrected chi connectivity index (χ1v) is 5.79. The second-order valence-corrected chi connectivity index (χ2v) is 4.18. The van der Waals surface area contributed by atoms with Crippen molar-refractivity contribution in [2.75, 3.05) is 0 Å². The Morgan fingerprint density at radius 3 is 2.63 bits per heavy atom. The number of amides is 1. The third kappa shape index (κ3) is 3.32. The molecule has 2 aromatic rings. The van der Waals surface area contributed by atoms with Gasteiger partial charge in [0, 0.05) is 17.6 Å². The van der Waals surface area contributed by atoms with Crippen LogP contribution in [0.5, 0.6) is 0 Å². The number of H-pyrrole nitrogens is 2. The minimum absolute atomic E-state index is 0.0965. The fourth-order valence-electron chi connectivity index (χ4n) is 1.50. The minimum atomic E-state index is -0.726. The SMILES string of the molecule is O=C(NCc1ccccc1Cl)c1cc(=O)[nH]c(=O)[nH]1. The molecule has 19 heavy (non-hydrogen) atoms. The van der Waals surface area contributed by atoms with Gasteiger partial charge in [0.05, 0.1) is 0 Å². The van der Waals surface area contributed by atoms with Gasteiger partial charge in [-0.2, -0.15) is 0 Å². The van der Waals surface area contributed by atoms with Crippen LogP contribution in [0, 0.1) is 0 Å². The average molecular weight is 280 g/mol. The molecule has 3 N–H and O–H groups in total. The first-order valence-electron chi connectivity index (χ1n) is 5.41. The lowest BCUT2D eigenvalue weighted by Gasteiger charge is -2.06. The molecule has 1 heterocycles. The average Bonchev–Trinajstić information content (AvgIpc) is 2.36. The molecule has 6 nitrogen and oxygen atoms in total. The Morgan fingerprint density at radius 1 is 1.21 bits per heavy atom. The fourth-order valence-corrected chi connectivity index (χ4v) is 1.71. The predicted octanol–water partition coefficient (Wildman–Crippen LogP) is 0.647. The maximum Gasteiger partial charge on any atom is 0.326 e. The standard InChI is InChI=1S/C12H10ClN3O3/c13-8-4-2-1-3-7(8)6-14-11(18)9-5-10(17)16-12(19)15-9/h1-5H,6H2,(H,14,18)(H2,15,16,17,19). The highest BCUT2D eigenvalue weighted by atomic mass is 35.5. The molecule has 0 saturated heterocycles. The summed E-state index contributed by atoms with van der Waals surface area (Å²) in [7, 11) is 0. The van der Waals surface area contributed by atoms with Crippen LogP contribution in [0.1, 0.15) is 16.1 Å². The quantitative estimate of drug-likeness (QED) is 0.770. The summed E-state index contributed by atoms with van der Waals surface area (Å²) < 4.78 is 0. The van der Waals surface area contributed by atoms with Crippen molar-refractivity contribution in [3.05, 3.63) is 67.4 Å². The summed E-state index contributed by atoms with van der Waals surface area (Å²) >= 11 is 5.94. The summed E-state index contributed by atoms with van der Waals surface area (Å²) in [6.07, 6.45) is 0. The van der Waals surface area contributed by atoms with Gasteiger partial charge in [-0.25, -0.2) is 4.79 Å². The summed E-state index contributed by atoms with van der Waals surface area (Å²) in [5.41, 5.74) is -0.715. The van der Waals surface area contributed by atoms with E-state index in [2.05, 4.69) is 10.3 Å². The van der Waals surface area contributed by atoms with E-state index in [4.69, 9.17) is 11.6 Å². The van der Waals surface area contributed by atoms with E-state index < -0.39 is 17.2 Å². The van der Waals surface area contributed by atoms with Crippen molar-refractivity contribution in [2.45, 2.75) is 6.54 Å². The maximum atomic E-state index is 11.8. The molecule has 98 valence electrons. The van der Waals surface area contributed by atoms with Crippen LogP contribution in [0.15, 0.2) is 39.9 Å². The molecule has 2 rings (SSSR count). The lowest BCUT2D eigenvalue weighted by atomic mass is 10.2. The smallest absolute Gasteiger partial charge is 0.326 e. The van der Waals surface area contributed by atoms with E-state index in [1.54, 1.807) is 24.3 Å². The number of nitrogens with one attached hydrogen (secondary N) is 3. The van der Waals surface area contributed by atoms with Crippen LogP contribution in [0.3, 0.4) is 0 Å². The fraction of sp³-hybridized carbons (Fsp3) is 0.0833. The van der Waals surface area contributed by atoms with Crippen LogP contribution in [0.2, 0.25) is 5.02 Å². The number of carbonyl (C=O) groups excluding carboxylic acids is 1. The number of rotatable bonds is 3. The number of aromatic nitrogens is 2. The summed E-state index contributed by atoms with van der Waals surface area (Å²) in [6, 6.07) is 8.06. The topological polar surface area (TPSA) is 94.8 Å². The van der Waals surface area contributed by atoms with E-state index in [1.807, 2.05) is 4.98 Å². The van der Waals surface area contributed by atoms with Gasteiger partial charge < -0.3 is 10.3 Å². The first kappa shape index (κ1) is 13.1. The Balaban J connectivity index is 2.12. The molecule has 0 spiro atoms. The molecule has 7 heteroatoms. The second-order valence-electron chi connectivity index (χ2n) is 3.78. The van der Waals surface area contributed by atoms with Gasteiger partial charge in [0.1, 0.15) is 5.69 Å². The summed E-state index contributed by atoms with van der Waals surface area (Å²) in [6.45, 7) is 0.202. The number of halogens is 1. The van der Waals surface area contributed by atoms with E-state index in [0.717, 1.165) is 11.6 Å². The highest BCUT2D eigenvalue weighted by Crippen LogP contribution is 2.14. The van der Waals surface area contributed by atoms with Gasteiger partial charge in [0.15, 0.2) is 0 Å². The number of aromatic amines is 2. The van der Waals surface area contributed by atoms with Crippen molar-refractivity contribution in [2.24, 2.45) is 0 Å². The molecular formula is C12H10ClN3O3. The van der Waals surface area contributed by atoms with Gasteiger partial charge in [-0.1, -0.05) is 29.8 Å². The van der Waals surface area contributed by atoms with Crippen LogP contribution in [0.25, 0.3) is 0 Å². The van der Waals surface area contributed by atoms with Crippen molar-refractivity contribution in [1.82, 2.24) is 15.3 Å². The number of hydrogen-bond donors (Lipinski definition) is 3. The third-order valence-corrected chi connectivity index (χ3v) is 2.77. The Kier molecular flexibility index (Phi) is 3.82. The zero-order valence-corrected chi connectivity index (χ0v) is 10.5. The van der Waals surface area contributed by atoms with Crippen LogP contribution >= 0.6 is 11.6 Å². The molecule has 0 atom stereocenters. The molecule has 0 unspecified atom stereocenters. The third-order valence-electron chi connectivity index (χ3n) is 2.40.